The van der Waals surface area contributed by atoms with Gasteiger partial charge >= 0.3 is 6.09 Å². The minimum absolute atomic E-state index is 0.0745. The molecule has 1 fully saturated rings. The fourth-order valence-electron chi connectivity index (χ4n) is 3.39. The van der Waals surface area contributed by atoms with Crippen LogP contribution in [0.2, 0.25) is 0 Å². The van der Waals surface area contributed by atoms with Gasteiger partial charge in [-0.1, -0.05) is 24.3 Å². The second kappa shape index (κ2) is 6.20. The minimum atomic E-state index is -0.459. The van der Waals surface area contributed by atoms with Gasteiger partial charge < -0.3 is 9.64 Å². The van der Waals surface area contributed by atoms with Crippen LogP contribution in [0.3, 0.4) is 0 Å². The van der Waals surface area contributed by atoms with Crippen molar-refractivity contribution in [2.24, 2.45) is 0 Å². The van der Waals surface area contributed by atoms with Crippen LogP contribution >= 0.6 is 0 Å². The molecule has 0 saturated carbocycles. The molecule has 128 valence electrons. The molecule has 0 aromatic heterocycles. The summed E-state index contributed by atoms with van der Waals surface area (Å²) in [5, 5.41) is 0. The van der Waals surface area contributed by atoms with Crippen LogP contribution in [0.4, 0.5) is 14.9 Å². The molecule has 2 amide bonds. The Morgan fingerprint density at radius 3 is 2.76 bits per heavy atom. The third-order valence-electron chi connectivity index (χ3n) is 4.67. The predicted octanol–water partition coefficient (Wildman–Crippen LogP) is 3.20. The predicted molar refractivity (Wildman–Crippen MR) is 89.8 cm³/mol. The van der Waals surface area contributed by atoms with Crippen molar-refractivity contribution in [1.82, 2.24) is 4.90 Å². The van der Waals surface area contributed by atoms with Gasteiger partial charge in [0.1, 0.15) is 12.4 Å². The molecule has 4 rings (SSSR count). The molecule has 2 heterocycles. The van der Waals surface area contributed by atoms with Gasteiger partial charge in [-0.25, -0.2) is 9.18 Å². The number of amides is 2. The molecular weight excluding hydrogens is 323 g/mol. The Kier molecular flexibility index (Phi) is 3.87. The van der Waals surface area contributed by atoms with Crippen molar-refractivity contribution in [2.45, 2.75) is 19.0 Å². The normalized spacial score (nSPS) is 19.6. The number of benzene rings is 2. The van der Waals surface area contributed by atoms with Gasteiger partial charge in [-0.15, -0.1) is 0 Å². The van der Waals surface area contributed by atoms with Crippen LogP contribution in [-0.4, -0.2) is 36.1 Å². The Balaban J connectivity index is 1.72. The number of fused-ring (bicyclic) bond motifs is 3. The van der Waals surface area contributed by atoms with E-state index in [2.05, 4.69) is 0 Å². The lowest BCUT2D eigenvalue weighted by Gasteiger charge is -2.32. The quantitative estimate of drug-likeness (QED) is 0.801. The van der Waals surface area contributed by atoms with E-state index in [4.69, 9.17) is 4.74 Å². The number of carbonyl (C=O) groups is 2. The summed E-state index contributed by atoms with van der Waals surface area (Å²) in [4.78, 5) is 28.2. The largest absolute Gasteiger partial charge is 0.447 e. The van der Waals surface area contributed by atoms with Crippen LogP contribution in [0.25, 0.3) is 0 Å². The molecule has 2 aromatic rings. The zero-order chi connectivity index (χ0) is 17.4. The Morgan fingerprint density at radius 2 is 1.96 bits per heavy atom. The summed E-state index contributed by atoms with van der Waals surface area (Å²) in [5.41, 5.74) is 1.83. The van der Waals surface area contributed by atoms with E-state index in [0.717, 1.165) is 5.56 Å². The van der Waals surface area contributed by atoms with Gasteiger partial charge in [-0.05, 0) is 36.2 Å². The monoisotopic (exact) mass is 340 g/mol. The van der Waals surface area contributed by atoms with Crippen LogP contribution in [0.1, 0.15) is 22.3 Å². The maximum absolute atomic E-state index is 13.8. The Morgan fingerprint density at radius 1 is 1.16 bits per heavy atom. The summed E-state index contributed by atoms with van der Waals surface area (Å²) in [6, 6.07) is 13.2. The molecular formula is C19H17FN2O3. The molecule has 0 unspecified atom stereocenters. The standard InChI is InChI=1S/C19H17FN2O3/c20-15-7-6-14-11-21(18(23)13-4-2-1-3-5-13)9-8-16-12-25-19(24)22(16)17(14)10-15/h1-7,10,16H,8-9,11-12H2/t16-/m0/s1. The topological polar surface area (TPSA) is 49.9 Å². The maximum atomic E-state index is 13.8. The summed E-state index contributed by atoms with van der Waals surface area (Å²) in [6.07, 6.45) is 0.125. The van der Waals surface area contributed by atoms with Crippen molar-refractivity contribution in [3.63, 3.8) is 0 Å². The highest BCUT2D eigenvalue weighted by atomic mass is 19.1. The highest BCUT2D eigenvalue weighted by Crippen LogP contribution is 2.32. The van der Waals surface area contributed by atoms with Gasteiger partial charge in [0.05, 0.1) is 11.7 Å². The average Bonchev–Trinajstić information content (AvgIpc) is 2.98. The summed E-state index contributed by atoms with van der Waals surface area (Å²) in [7, 11) is 0. The van der Waals surface area contributed by atoms with Crippen molar-refractivity contribution in [3.05, 3.63) is 65.5 Å². The number of nitrogens with zero attached hydrogens (tertiary/aromatic N) is 2. The number of halogens is 1. The lowest BCUT2D eigenvalue weighted by atomic mass is 10.0. The molecule has 0 aliphatic carbocycles. The number of carbonyl (C=O) groups excluding carboxylic acids is 2. The maximum Gasteiger partial charge on any atom is 0.414 e. The molecule has 0 N–H and O–H groups in total. The van der Waals surface area contributed by atoms with Crippen molar-refractivity contribution >= 4 is 17.7 Å². The fraction of sp³-hybridized carbons (Fsp3) is 0.263. The van der Waals surface area contributed by atoms with E-state index in [1.54, 1.807) is 23.1 Å². The number of hydrogen-bond acceptors (Lipinski definition) is 3. The number of anilines is 1. The number of cyclic esters (lactones) is 1. The van der Waals surface area contributed by atoms with E-state index in [1.165, 1.54) is 17.0 Å². The molecule has 25 heavy (non-hydrogen) atoms. The van der Waals surface area contributed by atoms with Gasteiger partial charge in [-0.3, -0.25) is 9.69 Å². The molecule has 2 aromatic carbocycles. The first kappa shape index (κ1) is 15.6. The number of rotatable bonds is 1. The van der Waals surface area contributed by atoms with Crippen molar-refractivity contribution in [2.75, 3.05) is 18.1 Å². The van der Waals surface area contributed by atoms with Crippen LogP contribution in [0, 0.1) is 5.82 Å². The fourth-order valence-corrected chi connectivity index (χ4v) is 3.39. The first-order valence-electron chi connectivity index (χ1n) is 8.22. The molecule has 2 aliphatic rings. The SMILES string of the molecule is O=C(c1ccccc1)N1CC[C@H]2COC(=O)N2c2cc(F)ccc2C1. The van der Waals surface area contributed by atoms with Crippen LogP contribution in [0.15, 0.2) is 48.5 Å². The van der Waals surface area contributed by atoms with Crippen LogP contribution < -0.4 is 4.90 Å². The highest BCUT2D eigenvalue weighted by molar-refractivity contribution is 5.95. The molecule has 0 spiro atoms. The molecule has 1 atom stereocenters. The number of hydrogen-bond donors (Lipinski definition) is 0. The zero-order valence-electron chi connectivity index (χ0n) is 13.5. The molecule has 0 radical (unpaired) electrons. The van der Waals surface area contributed by atoms with Gasteiger partial charge in [0.25, 0.3) is 5.91 Å². The van der Waals surface area contributed by atoms with E-state index in [-0.39, 0.29) is 18.6 Å². The van der Waals surface area contributed by atoms with Crippen molar-refractivity contribution in [3.8, 4) is 0 Å². The third-order valence-corrected chi connectivity index (χ3v) is 4.67. The first-order chi connectivity index (χ1) is 12.1. The molecule has 0 bridgehead atoms. The van der Waals surface area contributed by atoms with Crippen molar-refractivity contribution < 1.29 is 18.7 Å². The van der Waals surface area contributed by atoms with E-state index in [1.807, 2.05) is 18.2 Å². The summed E-state index contributed by atoms with van der Waals surface area (Å²) in [6.45, 7) is 1.07. The molecule has 2 aliphatic heterocycles. The minimum Gasteiger partial charge on any atom is -0.447 e. The first-order valence-corrected chi connectivity index (χ1v) is 8.22. The molecule has 1 saturated heterocycles. The van der Waals surface area contributed by atoms with E-state index >= 15 is 0 Å². The lowest BCUT2D eigenvalue weighted by molar-refractivity contribution is 0.0734. The van der Waals surface area contributed by atoms with E-state index < -0.39 is 11.9 Å². The van der Waals surface area contributed by atoms with Crippen LogP contribution in [0.5, 0.6) is 0 Å². The Hall–Kier alpha value is -2.89. The summed E-state index contributed by atoms with van der Waals surface area (Å²) >= 11 is 0. The average molecular weight is 340 g/mol. The second-order valence-corrected chi connectivity index (χ2v) is 6.26. The van der Waals surface area contributed by atoms with Gasteiger partial charge in [-0.2, -0.15) is 0 Å². The molecule has 6 heteroatoms. The molecule has 5 nitrogen and oxygen atoms in total. The van der Waals surface area contributed by atoms with E-state index in [9.17, 15) is 14.0 Å². The smallest absolute Gasteiger partial charge is 0.414 e. The highest BCUT2D eigenvalue weighted by Gasteiger charge is 2.37. The second-order valence-electron chi connectivity index (χ2n) is 6.26. The van der Waals surface area contributed by atoms with Gasteiger partial charge in [0.2, 0.25) is 0 Å². The van der Waals surface area contributed by atoms with Crippen LogP contribution in [-0.2, 0) is 11.3 Å². The van der Waals surface area contributed by atoms with E-state index in [0.29, 0.717) is 30.8 Å². The number of ether oxygens (including phenoxy) is 1. The third kappa shape index (κ3) is 2.84. The Labute approximate surface area is 144 Å². The Bertz CT molecular complexity index is 825. The summed E-state index contributed by atoms with van der Waals surface area (Å²) in [5.74, 6) is -0.492. The zero-order valence-corrected chi connectivity index (χ0v) is 13.5. The van der Waals surface area contributed by atoms with Crippen molar-refractivity contribution in [1.29, 1.82) is 0 Å². The summed E-state index contributed by atoms with van der Waals surface area (Å²) < 4.78 is 18.9. The lowest BCUT2D eigenvalue weighted by Crippen LogP contribution is -2.42. The van der Waals surface area contributed by atoms with Gasteiger partial charge in [0, 0.05) is 18.7 Å². The van der Waals surface area contributed by atoms with Gasteiger partial charge in [0.15, 0.2) is 0 Å².